The summed E-state index contributed by atoms with van der Waals surface area (Å²) >= 11 is 0. The summed E-state index contributed by atoms with van der Waals surface area (Å²) in [5, 5.41) is 10.4. The first-order valence-electron chi connectivity index (χ1n) is 7.40. The van der Waals surface area contributed by atoms with Gasteiger partial charge in [0.15, 0.2) is 0 Å². The number of imidazole rings is 1. The first-order chi connectivity index (χ1) is 11.2. The molecule has 118 valence electrons. The van der Waals surface area contributed by atoms with Crippen molar-refractivity contribution in [2.45, 2.75) is 12.8 Å². The summed E-state index contributed by atoms with van der Waals surface area (Å²) in [7, 11) is 1.56. The molecule has 1 heterocycles. The summed E-state index contributed by atoms with van der Waals surface area (Å²) in [5.74, 6) is 0.569. The summed E-state index contributed by atoms with van der Waals surface area (Å²) in [6.07, 6.45) is 1.30. The number of nitrogens with zero attached hydrogens (tertiary/aromatic N) is 1. The lowest BCUT2D eigenvalue weighted by Crippen LogP contribution is -2.14. The van der Waals surface area contributed by atoms with E-state index in [4.69, 9.17) is 4.74 Å². The van der Waals surface area contributed by atoms with Crippen molar-refractivity contribution >= 4 is 0 Å². The molecule has 0 radical (unpaired) electrons. The maximum atomic E-state index is 12.2. The Labute approximate surface area is 133 Å². The van der Waals surface area contributed by atoms with Crippen LogP contribution < -0.4 is 10.4 Å². The van der Waals surface area contributed by atoms with Gasteiger partial charge in [0.05, 0.1) is 18.5 Å². The molecular formula is C18H18N2O3. The van der Waals surface area contributed by atoms with Crippen molar-refractivity contribution in [2.75, 3.05) is 7.11 Å². The number of hydrogen-bond acceptors (Lipinski definition) is 3. The molecule has 0 amide bonds. The van der Waals surface area contributed by atoms with Gasteiger partial charge in [0.2, 0.25) is 5.88 Å². The number of nitrogens with one attached hydrogen (secondary N) is 1. The van der Waals surface area contributed by atoms with Crippen molar-refractivity contribution in [3.8, 4) is 17.3 Å². The minimum Gasteiger partial charge on any atom is -0.497 e. The van der Waals surface area contributed by atoms with Crippen LogP contribution in [-0.4, -0.2) is 21.8 Å². The maximum absolute atomic E-state index is 12.2. The van der Waals surface area contributed by atoms with Gasteiger partial charge in [-0.15, -0.1) is 0 Å². The highest BCUT2D eigenvalue weighted by molar-refractivity contribution is 5.42. The SMILES string of the molecule is COc1cccc(-n2c(O)c(CCc3ccccc3)[nH]c2=O)c1. The van der Waals surface area contributed by atoms with E-state index in [1.165, 1.54) is 4.57 Å². The number of aryl methyl sites for hydroxylation is 2. The fourth-order valence-corrected chi connectivity index (χ4v) is 2.55. The highest BCUT2D eigenvalue weighted by Gasteiger charge is 2.14. The van der Waals surface area contributed by atoms with Gasteiger partial charge in [0.25, 0.3) is 0 Å². The lowest BCUT2D eigenvalue weighted by molar-refractivity contribution is 0.413. The van der Waals surface area contributed by atoms with Gasteiger partial charge in [-0.3, -0.25) is 0 Å². The topological polar surface area (TPSA) is 67.2 Å². The zero-order chi connectivity index (χ0) is 16.2. The largest absolute Gasteiger partial charge is 0.497 e. The maximum Gasteiger partial charge on any atom is 0.333 e. The van der Waals surface area contributed by atoms with E-state index in [-0.39, 0.29) is 11.6 Å². The van der Waals surface area contributed by atoms with E-state index in [2.05, 4.69) is 4.98 Å². The zero-order valence-corrected chi connectivity index (χ0v) is 12.8. The summed E-state index contributed by atoms with van der Waals surface area (Å²) in [4.78, 5) is 14.9. The quantitative estimate of drug-likeness (QED) is 0.761. The Kier molecular flexibility index (Phi) is 4.19. The third-order valence-corrected chi connectivity index (χ3v) is 3.76. The van der Waals surface area contributed by atoms with Gasteiger partial charge in [0.1, 0.15) is 5.75 Å². The second-order valence-corrected chi connectivity index (χ2v) is 5.25. The monoisotopic (exact) mass is 310 g/mol. The van der Waals surface area contributed by atoms with E-state index in [0.717, 1.165) is 12.0 Å². The minimum atomic E-state index is -0.362. The van der Waals surface area contributed by atoms with Crippen molar-refractivity contribution in [2.24, 2.45) is 0 Å². The van der Waals surface area contributed by atoms with Gasteiger partial charge in [-0.05, 0) is 30.5 Å². The highest BCUT2D eigenvalue weighted by Crippen LogP contribution is 2.22. The van der Waals surface area contributed by atoms with Gasteiger partial charge in [-0.2, -0.15) is 0 Å². The number of ether oxygens (including phenoxy) is 1. The average Bonchev–Trinajstić information content (AvgIpc) is 2.88. The normalized spacial score (nSPS) is 10.7. The number of rotatable bonds is 5. The lowest BCUT2D eigenvalue weighted by Gasteiger charge is -2.06. The van der Waals surface area contributed by atoms with Crippen LogP contribution in [-0.2, 0) is 12.8 Å². The number of aromatic hydroxyl groups is 1. The molecule has 2 aromatic carbocycles. The fourth-order valence-electron chi connectivity index (χ4n) is 2.55. The van der Waals surface area contributed by atoms with Crippen LogP contribution in [0.2, 0.25) is 0 Å². The van der Waals surface area contributed by atoms with E-state index in [1.807, 2.05) is 30.3 Å². The van der Waals surface area contributed by atoms with Gasteiger partial charge < -0.3 is 14.8 Å². The third kappa shape index (κ3) is 3.13. The van der Waals surface area contributed by atoms with Gasteiger partial charge >= 0.3 is 5.69 Å². The molecule has 0 atom stereocenters. The molecule has 5 nitrogen and oxygen atoms in total. The Hall–Kier alpha value is -2.95. The predicted octanol–water partition coefficient (Wildman–Crippen LogP) is 2.67. The molecule has 0 aliphatic heterocycles. The Balaban J connectivity index is 1.88. The molecule has 2 N–H and O–H groups in total. The van der Waals surface area contributed by atoms with Crippen LogP contribution in [0.3, 0.4) is 0 Å². The second kappa shape index (κ2) is 6.44. The van der Waals surface area contributed by atoms with Crippen LogP contribution >= 0.6 is 0 Å². The lowest BCUT2D eigenvalue weighted by atomic mass is 10.1. The molecule has 0 aliphatic carbocycles. The van der Waals surface area contributed by atoms with Crippen molar-refractivity contribution in [3.63, 3.8) is 0 Å². The number of aromatic nitrogens is 2. The standard InChI is InChI=1S/C18H18N2O3/c1-23-15-9-5-8-14(12-15)20-17(21)16(19-18(20)22)11-10-13-6-3-2-4-7-13/h2-9,12,21H,10-11H2,1H3,(H,19,22). The Bertz CT molecular complexity index is 850. The van der Waals surface area contributed by atoms with Crippen LogP contribution in [0, 0.1) is 0 Å². The average molecular weight is 310 g/mol. The summed E-state index contributed by atoms with van der Waals surface area (Å²) < 4.78 is 6.41. The second-order valence-electron chi connectivity index (χ2n) is 5.25. The molecule has 0 saturated heterocycles. The highest BCUT2D eigenvalue weighted by atomic mass is 16.5. The molecule has 23 heavy (non-hydrogen) atoms. The molecule has 0 aliphatic rings. The van der Waals surface area contributed by atoms with E-state index in [0.29, 0.717) is 23.6 Å². The summed E-state index contributed by atoms with van der Waals surface area (Å²) in [6, 6.07) is 17.0. The zero-order valence-electron chi connectivity index (χ0n) is 12.8. The van der Waals surface area contributed by atoms with Crippen LogP contribution in [0.4, 0.5) is 0 Å². The van der Waals surface area contributed by atoms with Crippen molar-refractivity contribution < 1.29 is 9.84 Å². The molecule has 0 fully saturated rings. The molecule has 0 spiro atoms. The van der Waals surface area contributed by atoms with Crippen molar-refractivity contribution in [3.05, 3.63) is 76.3 Å². The van der Waals surface area contributed by atoms with Crippen LogP contribution in [0.1, 0.15) is 11.3 Å². The van der Waals surface area contributed by atoms with E-state index in [1.54, 1.807) is 31.4 Å². The van der Waals surface area contributed by atoms with Gasteiger partial charge in [0, 0.05) is 6.07 Å². The fraction of sp³-hybridized carbons (Fsp3) is 0.167. The van der Waals surface area contributed by atoms with Crippen molar-refractivity contribution in [1.29, 1.82) is 0 Å². The Morgan fingerprint density at radius 1 is 1.09 bits per heavy atom. The van der Waals surface area contributed by atoms with Gasteiger partial charge in [-0.1, -0.05) is 36.4 Å². The van der Waals surface area contributed by atoms with Crippen LogP contribution in [0.5, 0.6) is 11.6 Å². The number of methoxy groups -OCH3 is 1. The van der Waals surface area contributed by atoms with Crippen molar-refractivity contribution in [1.82, 2.24) is 9.55 Å². The first-order valence-corrected chi connectivity index (χ1v) is 7.40. The minimum absolute atomic E-state index is 0.0563. The molecular weight excluding hydrogens is 292 g/mol. The smallest absolute Gasteiger partial charge is 0.333 e. The number of benzene rings is 2. The number of aromatic amines is 1. The molecule has 0 bridgehead atoms. The molecule has 1 aromatic heterocycles. The van der Waals surface area contributed by atoms with Gasteiger partial charge in [-0.25, -0.2) is 9.36 Å². The number of H-pyrrole nitrogens is 1. The predicted molar refractivity (Wildman–Crippen MR) is 88.5 cm³/mol. The molecule has 0 saturated carbocycles. The van der Waals surface area contributed by atoms with E-state index < -0.39 is 0 Å². The molecule has 5 heteroatoms. The number of hydrogen-bond donors (Lipinski definition) is 2. The third-order valence-electron chi connectivity index (χ3n) is 3.76. The molecule has 3 rings (SSSR count). The Morgan fingerprint density at radius 3 is 2.61 bits per heavy atom. The first kappa shape index (κ1) is 15.0. The summed E-state index contributed by atoms with van der Waals surface area (Å²) in [6.45, 7) is 0. The van der Waals surface area contributed by atoms with Crippen LogP contribution in [0.25, 0.3) is 5.69 Å². The van der Waals surface area contributed by atoms with E-state index >= 15 is 0 Å². The summed E-state index contributed by atoms with van der Waals surface area (Å²) in [5.41, 5.74) is 1.89. The molecule has 3 aromatic rings. The van der Waals surface area contributed by atoms with E-state index in [9.17, 15) is 9.90 Å². The Morgan fingerprint density at radius 2 is 1.87 bits per heavy atom. The van der Waals surface area contributed by atoms with Crippen LogP contribution in [0.15, 0.2) is 59.4 Å². The molecule has 0 unspecified atom stereocenters.